The Morgan fingerprint density at radius 3 is 2.21 bits per heavy atom. The van der Waals surface area contributed by atoms with Gasteiger partial charge in [0.25, 0.3) is 0 Å². The van der Waals surface area contributed by atoms with E-state index in [1.54, 1.807) is 0 Å². The maximum atomic E-state index is 9.94. The van der Waals surface area contributed by atoms with Crippen LogP contribution < -0.4 is 0 Å². The summed E-state index contributed by atoms with van der Waals surface area (Å²) in [5.74, 6) is 0. The molecular weight excluding hydrogens is 328 g/mol. The molecule has 1 aliphatic rings. The monoisotopic (exact) mass is 362 g/mol. The van der Waals surface area contributed by atoms with Crippen LogP contribution in [0.3, 0.4) is 0 Å². The maximum absolute atomic E-state index is 9.94. The largest absolute Gasteiger partial charge is 0.484 e. The normalized spacial score (nSPS) is 24.9. The molecule has 0 saturated carbocycles. The maximum Gasteiger partial charge on any atom is 0.159 e. The molecule has 0 aromatic carbocycles. The topological polar surface area (TPSA) is 79.2 Å². The molecule has 1 rings (SSSR count). The lowest BCUT2D eigenvalue weighted by molar-refractivity contribution is -0.0663. The number of unbranched alkanes of at least 4 members (excludes halogenated alkanes) is 8. The van der Waals surface area contributed by atoms with Gasteiger partial charge in [0.1, 0.15) is 31.0 Å². The first-order valence-corrected chi connectivity index (χ1v) is 9.78. The van der Waals surface area contributed by atoms with Gasteiger partial charge < -0.3 is 24.8 Å². The van der Waals surface area contributed by atoms with Crippen molar-refractivity contribution in [3.05, 3.63) is 0 Å². The second-order valence-corrected chi connectivity index (χ2v) is 7.14. The summed E-state index contributed by atoms with van der Waals surface area (Å²) in [4.78, 5) is 0. The molecule has 1 aliphatic heterocycles. The van der Waals surface area contributed by atoms with Crippen LogP contribution in [0.2, 0.25) is 0 Å². The Balaban J connectivity index is 1.96. The van der Waals surface area contributed by atoms with E-state index in [-0.39, 0.29) is 13.2 Å². The van der Waals surface area contributed by atoms with E-state index in [0.29, 0.717) is 11.5 Å². The lowest BCUT2D eigenvalue weighted by Crippen LogP contribution is -2.41. The second-order valence-electron chi connectivity index (χ2n) is 6.68. The van der Waals surface area contributed by atoms with Crippen LogP contribution in [-0.2, 0) is 9.47 Å². The third-order valence-electron chi connectivity index (χ3n) is 4.47. The fourth-order valence-corrected chi connectivity index (χ4v) is 3.10. The molecule has 0 unspecified atom stereocenters. The molecule has 0 amide bonds. The smallest absolute Gasteiger partial charge is 0.159 e. The van der Waals surface area contributed by atoms with Gasteiger partial charge in [-0.05, 0) is 18.6 Å². The highest BCUT2D eigenvalue weighted by atomic mass is 32.1. The van der Waals surface area contributed by atoms with Crippen molar-refractivity contribution < 1.29 is 24.8 Å². The van der Waals surface area contributed by atoms with Crippen molar-refractivity contribution in [3.63, 3.8) is 0 Å². The van der Waals surface area contributed by atoms with Crippen LogP contribution >= 0.6 is 12.2 Å². The molecule has 0 aliphatic carbocycles. The molecular formula is C18H34O5S. The Kier molecular flexibility index (Phi) is 11.8. The minimum absolute atomic E-state index is 0.00922. The number of thiocarbonyl (C=S) groups is 1. The zero-order valence-electron chi connectivity index (χ0n) is 14.9. The van der Waals surface area contributed by atoms with Gasteiger partial charge in [0.2, 0.25) is 0 Å². The Labute approximate surface area is 151 Å². The summed E-state index contributed by atoms with van der Waals surface area (Å²) >= 11 is 5.16. The van der Waals surface area contributed by atoms with Crippen molar-refractivity contribution in [2.45, 2.75) is 95.5 Å². The van der Waals surface area contributed by atoms with Crippen LogP contribution in [0, 0.1) is 0 Å². The van der Waals surface area contributed by atoms with E-state index < -0.39 is 24.4 Å². The quantitative estimate of drug-likeness (QED) is 0.345. The minimum Gasteiger partial charge on any atom is -0.484 e. The molecule has 0 spiro atoms. The molecule has 0 aromatic rings. The van der Waals surface area contributed by atoms with E-state index in [1.807, 2.05) is 0 Å². The van der Waals surface area contributed by atoms with Gasteiger partial charge in [-0.3, -0.25) is 0 Å². The summed E-state index contributed by atoms with van der Waals surface area (Å²) in [7, 11) is 0. The fraction of sp³-hybridized carbons (Fsp3) is 0.944. The summed E-state index contributed by atoms with van der Waals surface area (Å²) in [5, 5.41) is 29.5. The number of aliphatic hydroxyl groups is 3. The van der Waals surface area contributed by atoms with Gasteiger partial charge in [-0.15, -0.1) is 0 Å². The van der Waals surface area contributed by atoms with Crippen molar-refractivity contribution >= 4 is 17.3 Å². The Morgan fingerprint density at radius 2 is 1.67 bits per heavy atom. The van der Waals surface area contributed by atoms with Crippen LogP contribution in [0.5, 0.6) is 0 Å². The predicted molar refractivity (Wildman–Crippen MR) is 98.2 cm³/mol. The molecule has 142 valence electrons. The molecule has 1 fully saturated rings. The lowest BCUT2D eigenvalue weighted by Gasteiger charge is -2.21. The van der Waals surface area contributed by atoms with Crippen LogP contribution in [0.15, 0.2) is 0 Å². The molecule has 6 heteroatoms. The third-order valence-corrected chi connectivity index (χ3v) is 4.79. The summed E-state index contributed by atoms with van der Waals surface area (Å²) in [6.07, 6.45) is 8.23. The van der Waals surface area contributed by atoms with Crippen molar-refractivity contribution in [1.29, 1.82) is 0 Å². The molecule has 3 N–H and O–H groups in total. The standard InChI is InChI=1S/C18H34O5S/c1-2-3-4-5-6-7-8-9-10-11-16(24)22-13-15(20)18-17(21)14(19)12-23-18/h14-15,17-21H,2-13H2,1H3/t14-,15+,17+,18+/m0/s1. The average Bonchev–Trinajstić information content (AvgIpc) is 2.90. The fourth-order valence-electron chi connectivity index (χ4n) is 2.89. The predicted octanol–water partition coefficient (Wildman–Crippen LogP) is 2.73. The van der Waals surface area contributed by atoms with Crippen LogP contribution in [0.25, 0.3) is 0 Å². The summed E-state index contributed by atoms with van der Waals surface area (Å²) in [6, 6.07) is 0. The SMILES string of the molecule is CCCCCCCCCCCC(=S)OC[C@@H](O)[C@H]1OC[C@H](O)[C@H]1O. The molecule has 1 saturated heterocycles. The van der Waals surface area contributed by atoms with Gasteiger partial charge in [0.15, 0.2) is 5.05 Å². The zero-order chi connectivity index (χ0) is 17.8. The highest BCUT2D eigenvalue weighted by Crippen LogP contribution is 2.18. The molecule has 1 heterocycles. The van der Waals surface area contributed by atoms with Gasteiger partial charge >= 0.3 is 0 Å². The molecule has 5 nitrogen and oxygen atoms in total. The van der Waals surface area contributed by atoms with Crippen LogP contribution in [0.1, 0.15) is 71.1 Å². The van der Waals surface area contributed by atoms with Crippen molar-refractivity contribution in [1.82, 2.24) is 0 Å². The molecule has 0 bridgehead atoms. The molecule has 4 atom stereocenters. The first-order chi connectivity index (χ1) is 11.6. The van der Waals surface area contributed by atoms with E-state index in [2.05, 4.69) is 6.92 Å². The number of rotatable bonds is 13. The molecule has 0 aromatic heterocycles. The third kappa shape index (κ3) is 8.72. The first-order valence-electron chi connectivity index (χ1n) is 9.37. The Morgan fingerprint density at radius 1 is 1.08 bits per heavy atom. The first kappa shape index (κ1) is 21.8. The van der Waals surface area contributed by atoms with Gasteiger partial charge in [0.05, 0.1) is 6.61 Å². The van der Waals surface area contributed by atoms with E-state index in [9.17, 15) is 15.3 Å². The number of hydrogen-bond donors (Lipinski definition) is 3. The van der Waals surface area contributed by atoms with Gasteiger partial charge in [-0.1, -0.05) is 58.3 Å². The van der Waals surface area contributed by atoms with E-state index in [1.165, 1.54) is 44.9 Å². The zero-order valence-corrected chi connectivity index (χ0v) is 15.7. The van der Waals surface area contributed by atoms with E-state index in [4.69, 9.17) is 21.7 Å². The minimum atomic E-state index is -1.07. The Hall–Kier alpha value is -0.270. The highest BCUT2D eigenvalue weighted by molar-refractivity contribution is 7.80. The van der Waals surface area contributed by atoms with Crippen LogP contribution in [0.4, 0.5) is 0 Å². The van der Waals surface area contributed by atoms with E-state index in [0.717, 1.165) is 12.8 Å². The van der Waals surface area contributed by atoms with Gasteiger partial charge in [-0.2, -0.15) is 0 Å². The number of aliphatic hydroxyl groups excluding tert-OH is 3. The number of hydrogen-bond acceptors (Lipinski definition) is 6. The Bertz CT molecular complexity index is 339. The highest BCUT2D eigenvalue weighted by Gasteiger charge is 2.39. The van der Waals surface area contributed by atoms with Gasteiger partial charge in [0, 0.05) is 6.42 Å². The summed E-state index contributed by atoms with van der Waals surface area (Å²) in [5.41, 5.74) is 0. The molecule has 0 radical (unpaired) electrons. The molecule has 24 heavy (non-hydrogen) atoms. The lowest BCUT2D eigenvalue weighted by atomic mass is 10.1. The van der Waals surface area contributed by atoms with E-state index >= 15 is 0 Å². The average molecular weight is 363 g/mol. The summed E-state index contributed by atoms with van der Waals surface area (Å²) in [6.45, 7) is 2.26. The van der Waals surface area contributed by atoms with Crippen molar-refractivity contribution in [2.24, 2.45) is 0 Å². The van der Waals surface area contributed by atoms with Crippen molar-refractivity contribution in [3.8, 4) is 0 Å². The van der Waals surface area contributed by atoms with Gasteiger partial charge in [-0.25, -0.2) is 0 Å². The second kappa shape index (κ2) is 13.0. The number of ether oxygens (including phenoxy) is 2. The van der Waals surface area contributed by atoms with Crippen molar-refractivity contribution in [2.75, 3.05) is 13.2 Å². The summed E-state index contributed by atoms with van der Waals surface area (Å²) < 4.78 is 10.5. The van der Waals surface area contributed by atoms with Crippen LogP contribution in [-0.4, -0.2) is 58.0 Å².